The molecule has 2 aromatic rings. The number of carbonyl (C=O) groups excluding carboxylic acids is 1. The lowest BCUT2D eigenvalue weighted by Crippen LogP contribution is -2.19. The Labute approximate surface area is 95.2 Å². The quantitative estimate of drug-likeness (QED) is 0.812. The Hall–Kier alpha value is -1.69. The molecule has 0 spiro atoms. The molecule has 1 N–H and O–H groups in total. The van der Waals surface area contributed by atoms with Gasteiger partial charge in [-0.25, -0.2) is 13.9 Å². The Balaban J connectivity index is 2.44. The van der Waals surface area contributed by atoms with Crippen molar-refractivity contribution in [2.45, 2.75) is 12.6 Å². The fourth-order valence-corrected chi connectivity index (χ4v) is 1.38. The van der Waals surface area contributed by atoms with Crippen LogP contribution < -0.4 is 5.32 Å². The van der Waals surface area contributed by atoms with Gasteiger partial charge in [-0.15, -0.1) is 0 Å². The van der Waals surface area contributed by atoms with Crippen molar-refractivity contribution in [1.82, 2.24) is 14.6 Å². The Morgan fingerprint density at radius 3 is 3.12 bits per heavy atom. The number of amides is 1. The number of nitrogens with zero attached hydrogens (tertiary/aromatic N) is 3. The molecule has 0 saturated heterocycles. The van der Waals surface area contributed by atoms with Crippen LogP contribution in [0, 0.1) is 6.92 Å². The van der Waals surface area contributed by atoms with Crippen LogP contribution in [0.5, 0.6) is 0 Å². The Bertz CT molecular complexity index is 539. The molecule has 0 saturated carbocycles. The van der Waals surface area contributed by atoms with Gasteiger partial charge in [0, 0.05) is 12.4 Å². The van der Waals surface area contributed by atoms with E-state index in [4.69, 9.17) is 11.6 Å². The molecule has 0 fully saturated rings. The van der Waals surface area contributed by atoms with Crippen LogP contribution in [-0.2, 0) is 4.79 Å². The average Bonchev–Trinajstić information content (AvgIpc) is 2.55. The van der Waals surface area contributed by atoms with Crippen LogP contribution in [0.3, 0.4) is 0 Å². The molecule has 2 aromatic heterocycles. The monoisotopic (exact) mass is 242 g/mol. The number of nitrogens with one attached hydrogen (secondary N) is 1. The highest BCUT2D eigenvalue weighted by Gasteiger charge is 2.18. The molecule has 1 unspecified atom stereocenters. The number of aryl methyl sites for hydroxylation is 1. The van der Waals surface area contributed by atoms with Crippen molar-refractivity contribution in [3.05, 3.63) is 24.2 Å². The summed E-state index contributed by atoms with van der Waals surface area (Å²) in [6, 6.07) is 1.70. The number of aromatic nitrogens is 3. The van der Waals surface area contributed by atoms with Gasteiger partial charge in [0.1, 0.15) is 5.69 Å². The topological polar surface area (TPSA) is 59.3 Å². The highest BCUT2D eigenvalue weighted by atomic mass is 35.5. The minimum atomic E-state index is -2.09. The molecule has 0 radical (unpaired) electrons. The number of fused-ring (bicyclic) bond motifs is 1. The summed E-state index contributed by atoms with van der Waals surface area (Å²) >= 11 is 5.02. The first-order chi connectivity index (χ1) is 7.59. The van der Waals surface area contributed by atoms with E-state index in [1.807, 2.05) is 0 Å². The summed E-state index contributed by atoms with van der Waals surface area (Å²) in [5.74, 6) is -0.926. The van der Waals surface area contributed by atoms with E-state index in [9.17, 15) is 9.18 Å². The molecular formula is C9H8ClFN4O. The van der Waals surface area contributed by atoms with E-state index in [0.717, 1.165) is 0 Å². The van der Waals surface area contributed by atoms with Crippen LogP contribution in [-0.4, -0.2) is 26.1 Å². The number of halogens is 2. The van der Waals surface area contributed by atoms with Crippen molar-refractivity contribution in [2.75, 3.05) is 5.32 Å². The maximum absolute atomic E-state index is 12.5. The highest BCUT2D eigenvalue weighted by Crippen LogP contribution is 2.19. The van der Waals surface area contributed by atoms with E-state index in [0.29, 0.717) is 17.0 Å². The van der Waals surface area contributed by atoms with E-state index in [1.165, 1.54) is 4.52 Å². The van der Waals surface area contributed by atoms with Crippen LogP contribution in [0.25, 0.3) is 5.65 Å². The lowest BCUT2D eigenvalue weighted by atomic mass is 10.4. The van der Waals surface area contributed by atoms with Crippen LogP contribution in [0.15, 0.2) is 18.5 Å². The molecule has 0 bridgehead atoms. The molecule has 5 nitrogen and oxygen atoms in total. The first kappa shape index (κ1) is 10.8. The van der Waals surface area contributed by atoms with Gasteiger partial charge in [-0.05, 0) is 13.0 Å². The minimum absolute atomic E-state index is 0.369. The zero-order valence-corrected chi connectivity index (χ0v) is 9.07. The van der Waals surface area contributed by atoms with Gasteiger partial charge in [0.15, 0.2) is 5.65 Å². The molecule has 16 heavy (non-hydrogen) atoms. The second-order valence-corrected chi connectivity index (χ2v) is 3.52. The summed E-state index contributed by atoms with van der Waals surface area (Å²) in [6.45, 7) is 1.69. The van der Waals surface area contributed by atoms with E-state index < -0.39 is 11.5 Å². The predicted molar refractivity (Wildman–Crippen MR) is 57.1 cm³/mol. The molecule has 1 amide bonds. The first-order valence-corrected chi connectivity index (χ1v) is 4.92. The van der Waals surface area contributed by atoms with E-state index in [2.05, 4.69) is 15.4 Å². The normalized spacial score (nSPS) is 12.7. The standard InChI is InChI=1S/C9H8ClFN4O/c1-5-6(13-9(16)7(10)11)8-12-3-2-4-15(8)14-5/h2-4,7H,1H3,(H,13,16). The van der Waals surface area contributed by atoms with E-state index in [1.54, 1.807) is 25.4 Å². The van der Waals surface area contributed by atoms with Gasteiger partial charge in [0.05, 0.1) is 5.69 Å². The van der Waals surface area contributed by atoms with E-state index in [-0.39, 0.29) is 0 Å². The predicted octanol–water partition coefficient (Wildman–Crippen LogP) is 1.51. The summed E-state index contributed by atoms with van der Waals surface area (Å²) in [7, 11) is 0. The SMILES string of the molecule is Cc1nn2cccnc2c1NC(=O)C(F)Cl. The second-order valence-electron chi connectivity index (χ2n) is 3.14. The van der Waals surface area contributed by atoms with Crippen molar-refractivity contribution >= 4 is 28.8 Å². The molecule has 0 aliphatic carbocycles. The van der Waals surface area contributed by atoms with Crippen LogP contribution in [0.1, 0.15) is 5.69 Å². The lowest BCUT2D eigenvalue weighted by Gasteiger charge is -2.02. The van der Waals surface area contributed by atoms with Crippen LogP contribution in [0.4, 0.5) is 10.1 Å². The average molecular weight is 243 g/mol. The summed E-state index contributed by atoms with van der Waals surface area (Å²) in [5.41, 5.74) is -0.720. The summed E-state index contributed by atoms with van der Waals surface area (Å²) in [4.78, 5) is 15.2. The van der Waals surface area contributed by atoms with Crippen molar-refractivity contribution in [2.24, 2.45) is 0 Å². The molecule has 84 valence electrons. The van der Waals surface area contributed by atoms with Gasteiger partial charge >= 0.3 is 0 Å². The zero-order valence-electron chi connectivity index (χ0n) is 8.32. The molecule has 7 heteroatoms. The number of hydrogen-bond donors (Lipinski definition) is 1. The van der Waals surface area contributed by atoms with E-state index >= 15 is 0 Å². The summed E-state index contributed by atoms with van der Waals surface area (Å²) in [6.07, 6.45) is 3.23. The Morgan fingerprint density at radius 1 is 1.69 bits per heavy atom. The summed E-state index contributed by atoms with van der Waals surface area (Å²) < 4.78 is 14.0. The van der Waals surface area contributed by atoms with Crippen molar-refractivity contribution in [1.29, 1.82) is 0 Å². The Morgan fingerprint density at radius 2 is 2.44 bits per heavy atom. The molecule has 2 heterocycles. The Kier molecular flexibility index (Phi) is 2.74. The van der Waals surface area contributed by atoms with Crippen molar-refractivity contribution < 1.29 is 9.18 Å². The third-order valence-electron chi connectivity index (χ3n) is 2.02. The number of hydrogen-bond acceptors (Lipinski definition) is 3. The molecule has 0 aliphatic rings. The van der Waals surface area contributed by atoms with Gasteiger partial charge in [-0.2, -0.15) is 5.10 Å². The largest absolute Gasteiger partial charge is 0.318 e. The van der Waals surface area contributed by atoms with Gasteiger partial charge in [0.2, 0.25) is 0 Å². The van der Waals surface area contributed by atoms with Crippen LogP contribution in [0.2, 0.25) is 0 Å². The van der Waals surface area contributed by atoms with Crippen molar-refractivity contribution in [3.8, 4) is 0 Å². The lowest BCUT2D eigenvalue weighted by molar-refractivity contribution is -0.118. The van der Waals surface area contributed by atoms with Crippen LogP contribution >= 0.6 is 11.6 Å². The van der Waals surface area contributed by atoms with Gasteiger partial charge < -0.3 is 5.32 Å². The number of anilines is 1. The smallest absolute Gasteiger partial charge is 0.274 e. The maximum Gasteiger partial charge on any atom is 0.274 e. The molecule has 0 aromatic carbocycles. The molecule has 2 rings (SSSR count). The fourth-order valence-electron chi connectivity index (χ4n) is 1.32. The number of rotatable bonds is 2. The first-order valence-electron chi connectivity index (χ1n) is 4.48. The van der Waals surface area contributed by atoms with Gasteiger partial charge in [-0.3, -0.25) is 4.79 Å². The second kappa shape index (κ2) is 4.05. The van der Waals surface area contributed by atoms with Crippen molar-refractivity contribution in [3.63, 3.8) is 0 Å². The number of alkyl halides is 2. The minimum Gasteiger partial charge on any atom is -0.318 e. The third kappa shape index (κ3) is 1.83. The fraction of sp³-hybridized carbons (Fsp3) is 0.222. The summed E-state index contributed by atoms with van der Waals surface area (Å²) in [5, 5.41) is 6.44. The molecule has 0 aliphatic heterocycles. The maximum atomic E-state index is 12.5. The third-order valence-corrected chi connectivity index (χ3v) is 2.21. The molecular weight excluding hydrogens is 235 g/mol. The number of carbonyl (C=O) groups is 1. The van der Waals surface area contributed by atoms with Gasteiger partial charge in [0.25, 0.3) is 11.5 Å². The van der Waals surface area contributed by atoms with Gasteiger partial charge in [-0.1, -0.05) is 11.6 Å². The highest BCUT2D eigenvalue weighted by molar-refractivity contribution is 6.31. The zero-order chi connectivity index (χ0) is 11.7. The molecule has 1 atom stereocenters.